The van der Waals surface area contributed by atoms with Crippen LogP contribution in [-0.2, 0) is 20.4 Å². The van der Waals surface area contributed by atoms with Gasteiger partial charge in [-0.15, -0.1) is 0 Å². The van der Waals surface area contributed by atoms with Gasteiger partial charge in [-0.1, -0.05) is 16.8 Å². The van der Waals surface area contributed by atoms with E-state index in [2.05, 4.69) is 15.5 Å². The number of carbonyl (C=O) groups excluding carboxylic acids is 1. The highest BCUT2D eigenvalue weighted by Gasteiger charge is 2.29. The van der Waals surface area contributed by atoms with Crippen LogP contribution in [0.25, 0.3) is 0 Å². The average molecular weight is 344 g/mol. The van der Waals surface area contributed by atoms with Crippen LogP contribution >= 0.6 is 11.6 Å². The van der Waals surface area contributed by atoms with Gasteiger partial charge in [-0.25, -0.2) is 8.42 Å². The second-order valence-corrected chi connectivity index (χ2v) is 7.43. The van der Waals surface area contributed by atoms with Gasteiger partial charge in [-0.3, -0.25) is 4.79 Å². The third kappa shape index (κ3) is 4.05. The minimum Gasteiger partial charge on any atom is -0.340 e. The maximum absolute atomic E-state index is 12.2. The van der Waals surface area contributed by atoms with Crippen molar-refractivity contribution in [2.24, 2.45) is 0 Å². The predicted octanol–water partition coefficient (Wildman–Crippen LogP) is 1.97. The number of carbonyl (C=O) groups is 1. The number of halogens is 1. The fourth-order valence-corrected chi connectivity index (χ4v) is 2.88. The number of aryl methyl sites for hydroxylation is 1. The second-order valence-electron chi connectivity index (χ2n) is 4.68. The lowest BCUT2D eigenvalue weighted by Gasteiger charge is -2.12. The molecule has 0 fully saturated rings. The van der Waals surface area contributed by atoms with E-state index < -0.39 is 26.7 Å². The monoisotopic (exact) mass is 343 g/mol. The van der Waals surface area contributed by atoms with Crippen molar-refractivity contribution in [3.63, 3.8) is 0 Å². The largest absolute Gasteiger partial charge is 0.340 e. The molecule has 2 rings (SSSR count). The molecule has 1 N–H and O–H groups in total. The van der Waals surface area contributed by atoms with E-state index in [0.29, 0.717) is 10.7 Å². The molecule has 1 aromatic heterocycles. The smallest absolute Gasteiger partial charge is 0.242 e. The number of amides is 1. The van der Waals surface area contributed by atoms with Crippen molar-refractivity contribution in [2.75, 3.05) is 5.32 Å². The lowest BCUT2D eigenvalue weighted by Crippen LogP contribution is -2.33. The van der Waals surface area contributed by atoms with Crippen LogP contribution in [0.4, 0.5) is 5.69 Å². The summed E-state index contributed by atoms with van der Waals surface area (Å²) in [7, 11) is -3.75. The molecule has 0 radical (unpaired) electrons. The van der Waals surface area contributed by atoms with Gasteiger partial charge >= 0.3 is 0 Å². The Morgan fingerprint density at radius 1 is 1.36 bits per heavy atom. The standard InChI is InChI=1S/C13H14ClN3O4S/c1-8(13(18)16-11-5-3-10(14)4-6-11)22(19,20)7-12-15-9(2)21-17-12/h3-6,8H,7H2,1-2H3,(H,16,18). The molecule has 1 atom stereocenters. The van der Waals surface area contributed by atoms with Crippen LogP contribution < -0.4 is 5.32 Å². The van der Waals surface area contributed by atoms with Crippen molar-refractivity contribution in [1.82, 2.24) is 10.1 Å². The van der Waals surface area contributed by atoms with Crippen LogP contribution in [0.1, 0.15) is 18.6 Å². The fourth-order valence-electron chi connectivity index (χ4n) is 1.65. The summed E-state index contributed by atoms with van der Waals surface area (Å²) in [6.45, 7) is 2.87. The Morgan fingerprint density at radius 3 is 2.55 bits per heavy atom. The lowest BCUT2D eigenvalue weighted by molar-refractivity contribution is -0.115. The number of benzene rings is 1. The van der Waals surface area contributed by atoms with Gasteiger partial charge in [0.2, 0.25) is 11.8 Å². The highest BCUT2D eigenvalue weighted by molar-refractivity contribution is 7.92. The Labute approximate surface area is 132 Å². The Hall–Kier alpha value is -1.93. The zero-order valence-electron chi connectivity index (χ0n) is 11.9. The van der Waals surface area contributed by atoms with Crippen molar-refractivity contribution < 1.29 is 17.7 Å². The summed E-state index contributed by atoms with van der Waals surface area (Å²) in [6.07, 6.45) is 0. The second kappa shape index (κ2) is 6.45. The fraction of sp³-hybridized carbons (Fsp3) is 0.308. The Kier molecular flexibility index (Phi) is 4.82. The van der Waals surface area contributed by atoms with Crippen molar-refractivity contribution >= 4 is 33.0 Å². The minimum atomic E-state index is -3.75. The normalized spacial score (nSPS) is 12.9. The number of anilines is 1. The molecule has 0 spiro atoms. The van der Waals surface area contributed by atoms with Crippen molar-refractivity contribution in [3.8, 4) is 0 Å². The number of rotatable bonds is 5. The molecule has 0 aliphatic heterocycles. The molecular weight excluding hydrogens is 330 g/mol. The molecule has 0 saturated carbocycles. The number of hydrogen-bond donors (Lipinski definition) is 1. The van der Waals surface area contributed by atoms with Crippen LogP contribution in [0.2, 0.25) is 5.02 Å². The summed E-state index contributed by atoms with van der Waals surface area (Å²) in [5.41, 5.74) is 0.465. The quantitative estimate of drug-likeness (QED) is 0.890. The number of aromatic nitrogens is 2. The van der Waals surface area contributed by atoms with Gasteiger partial charge in [0.25, 0.3) is 0 Å². The van der Waals surface area contributed by atoms with E-state index in [0.717, 1.165) is 0 Å². The summed E-state index contributed by atoms with van der Waals surface area (Å²) in [4.78, 5) is 15.9. The first-order valence-electron chi connectivity index (χ1n) is 6.35. The molecule has 1 aromatic carbocycles. The first-order chi connectivity index (χ1) is 10.3. The molecule has 22 heavy (non-hydrogen) atoms. The number of nitrogens with zero attached hydrogens (tertiary/aromatic N) is 2. The first-order valence-corrected chi connectivity index (χ1v) is 8.44. The highest BCUT2D eigenvalue weighted by atomic mass is 35.5. The molecule has 9 heteroatoms. The molecule has 0 aliphatic rings. The van der Waals surface area contributed by atoms with Gasteiger partial charge in [-0.05, 0) is 31.2 Å². The topological polar surface area (TPSA) is 102 Å². The lowest BCUT2D eigenvalue weighted by atomic mass is 10.3. The molecule has 0 bridgehead atoms. The van der Waals surface area contributed by atoms with Gasteiger partial charge in [0.15, 0.2) is 15.7 Å². The molecule has 0 aliphatic carbocycles. The molecule has 118 valence electrons. The number of nitrogens with one attached hydrogen (secondary N) is 1. The molecule has 1 heterocycles. The third-order valence-electron chi connectivity index (χ3n) is 2.92. The van der Waals surface area contributed by atoms with Crippen LogP contribution in [0.3, 0.4) is 0 Å². The zero-order chi connectivity index (χ0) is 16.3. The van der Waals surface area contributed by atoms with E-state index in [1.807, 2.05) is 0 Å². The van der Waals surface area contributed by atoms with Crippen molar-refractivity contribution in [2.45, 2.75) is 24.9 Å². The Bertz CT molecular complexity index is 771. The van der Waals surface area contributed by atoms with Gasteiger partial charge in [-0.2, -0.15) is 4.98 Å². The molecule has 7 nitrogen and oxygen atoms in total. The van der Waals surface area contributed by atoms with E-state index >= 15 is 0 Å². The molecule has 2 aromatic rings. The van der Waals surface area contributed by atoms with Crippen LogP contribution in [-0.4, -0.2) is 29.7 Å². The maximum atomic E-state index is 12.2. The molecule has 0 saturated heterocycles. The summed E-state index contributed by atoms with van der Waals surface area (Å²) >= 11 is 5.74. The summed E-state index contributed by atoms with van der Waals surface area (Å²) in [5, 5.41) is 5.32. The van der Waals surface area contributed by atoms with Gasteiger partial charge in [0.05, 0.1) is 0 Å². The third-order valence-corrected chi connectivity index (χ3v) is 5.12. The van der Waals surface area contributed by atoms with E-state index in [1.54, 1.807) is 31.2 Å². The summed E-state index contributed by atoms with van der Waals surface area (Å²) < 4.78 is 29.1. The minimum absolute atomic E-state index is 0.0312. The number of hydrogen-bond acceptors (Lipinski definition) is 6. The van der Waals surface area contributed by atoms with Crippen LogP contribution in [0.5, 0.6) is 0 Å². The summed E-state index contributed by atoms with van der Waals surface area (Å²) in [6, 6.07) is 6.36. The van der Waals surface area contributed by atoms with Gasteiger partial charge in [0, 0.05) is 17.6 Å². The van der Waals surface area contributed by atoms with Crippen LogP contribution in [0, 0.1) is 6.92 Å². The van der Waals surface area contributed by atoms with Gasteiger partial charge < -0.3 is 9.84 Å². The molecule has 1 amide bonds. The van der Waals surface area contributed by atoms with Crippen LogP contribution in [0.15, 0.2) is 28.8 Å². The average Bonchev–Trinajstić information content (AvgIpc) is 2.85. The first kappa shape index (κ1) is 16.4. The number of sulfone groups is 1. The Morgan fingerprint density at radius 2 is 2.00 bits per heavy atom. The van der Waals surface area contributed by atoms with Crippen molar-refractivity contribution in [1.29, 1.82) is 0 Å². The van der Waals surface area contributed by atoms with Crippen molar-refractivity contribution in [3.05, 3.63) is 41.0 Å². The molecular formula is C13H14ClN3O4S. The SMILES string of the molecule is Cc1nc(CS(=O)(=O)C(C)C(=O)Nc2ccc(Cl)cc2)no1. The Balaban J connectivity index is 2.06. The summed E-state index contributed by atoms with van der Waals surface area (Å²) in [5.74, 6) is -0.797. The zero-order valence-corrected chi connectivity index (χ0v) is 13.5. The van der Waals surface area contributed by atoms with E-state index in [4.69, 9.17) is 16.1 Å². The highest BCUT2D eigenvalue weighted by Crippen LogP contribution is 2.15. The van der Waals surface area contributed by atoms with E-state index in [9.17, 15) is 13.2 Å². The molecule has 1 unspecified atom stereocenters. The predicted molar refractivity (Wildman–Crippen MR) is 81.2 cm³/mol. The maximum Gasteiger partial charge on any atom is 0.242 e. The van der Waals surface area contributed by atoms with Gasteiger partial charge in [0.1, 0.15) is 11.0 Å². The van der Waals surface area contributed by atoms with E-state index in [-0.39, 0.29) is 11.7 Å². The van der Waals surface area contributed by atoms with E-state index in [1.165, 1.54) is 6.92 Å².